The van der Waals surface area contributed by atoms with Crippen LogP contribution in [0.4, 0.5) is 4.39 Å². The molecule has 0 aliphatic carbocycles. The van der Waals surface area contributed by atoms with Crippen LogP contribution >= 0.6 is 0 Å². The molecule has 0 spiro atoms. The van der Waals surface area contributed by atoms with Crippen LogP contribution in [0.15, 0.2) is 66.7 Å². The Hall–Kier alpha value is -3.34. The quantitative estimate of drug-likeness (QED) is 0.715. The van der Waals surface area contributed by atoms with E-state index in [4.69, 9.17) is 4.74 Å². The van der Waals surface area contributed by atoms with Crippen molar-refractivity contribution in [1.82, 2.24) is 5.32 Å². The molecular formula is C21H17FNO3. The lowest BCUT2D eigenvalue weighted by Crippen LogP contribution is -2.22. The number of nitrogens with one attached hydrogen (secondary N) is 1. The first-order valence-corrected chi connectivity index (χ1v) is 7.97. The van der Waals surface area contributed by atoms with Crippen molar-refractivity contribution in [1.29, 1.82) is 0 Å². The van der Waals surface area contributed by atoms with Crippen LogP contribution < -0.4 is 10.1 Å². The second-order valence-corrected chi connectivity index (χ2v) is 5.73. The summed E-state index contributed by atoms with van der Waals surface area (Å²) >= 11 is 0. The van der Waals surface area contributed by atoms with Gasteiger partial charge >= 0.3 is 0 Å². The fourth-order valence-corrected chi connectivity index (χ4v) is 2.33. The Labute approximate surface area is 150 Å². The number of ether oxygens (including phenoxy) is 1. The van der Waals surface area contributed by atoms with Gasteiger partial charge in [-0.1, -0.05) is 12.1 Å². The smallest absolute Gasteiger partial charge is 0.251 e. The van der Waals surface area contributed by atoms with Gasteiger partial charge in [0.25, 0.3) is 5.91 Å². The third-order valence-corrected chi connectivity index (χ3v) is 3.76. The van der Waals surface area contributed by atoms with Crippen molar-refractivity contribution in [2.45, 2.75) is 6.54 Å². The molecule has 2 N–H and O–H groups in total. The first-order valence-electron chi connectivity index (χ1n) is 7.97. The van der Waals surface area contributed by atoms with Crippen LogP contribution in [0.5, 0.6) is 17.2 Å². The molecule has 0 heterocycles. The van der Waals surface area contributed by atoms with Crippen LogP contribution in [-0.2, 0) is 6.54 Å². The number of aromatic hydroxyl groups is 1. The number of hydrogen-bond acceptors (Lipinski definition) is 3. The Bertz CT molecular complexity index is 906. The zero-order valence-electron chi connectivity index (χ0n) is 13.9. The largest absolute Gasteiger partial charge is 0.508 e. The lowest BCUT2D eigenvalue weighted by Gasteiger charge is -2.11. The van der Waals surface area contributed by atoms with Gasteiger partial charge in [-0.3, -0.25) is 4.79 Å². The van der Waals surface area contributed by atoms with Crippen molar-refractivity contribution in [2.24, 2.45) is 0 Å². The van der Waals surface area contributed by atoms with E-state index in [9.17, 15) is 14.3 Å². The molecule has 3 rings (SSSR count). The first-order chi connectivity index (χ1) is 12.5. The number of phenolic OH excluding ortho intramolecular Hbond substituents is 1. The number of carbonyl (C=O) groups is 1. The number of phenols is 1. The normalized spacial score (nSPS) is 10.4. The zero-order valence-corrected chi connectivity index (χ0v) is 13.9. The monoisotopic (exact) mass is 350 g/mol. The van der Waals surface area contributed by atoms with E-state index in [1.165, 1.54) is 36.4 Å². The highest BCUT2D eigenvalue weighted by atomic mass is 19.1. The second kappa shape index (κ2) is 7.70. The number of rotatable bonds is 5. The number of amides is 1. The average molecular weight is 350 g/mol. The van der Waals surface area contributed by atoms with Crippen molar-refractivity contribution >= 4 is 5.91 Å². The molecule has 1 amide bonds. The maximum Gasteiger partial charge on any atom is 0.251 e. The fourth-order valence-electron chi connectivity index (χ4n) is 2.33. The molecule has 0 saturated carbocycles. The van der Waals surface area contributed by atoms with Gasteiger partial charge in [-0.25, -0.2) is 4.39 Å². The molecule has 131 valence electrons. The van der Waals surface area contributed by atoms with E-state index in [0.717, 1.165) is 5.56 Å². The summed E-state index contributed by atoms with van der Waals surface area (Å²) in [5, 5.41) is 12.1. The van der Waals surface area contributed by atoms with Gasteiger partial charge in [0.2, 0.25) is 0 Å². The summed E-state index contributed by atoms with van der Waals surface area (Å²) in [7, 11) is 0. The summed E-state index contributed by atoms with van der Waals surface area (Å²) in [4.78, 5) is 12.1. The highest BCUT2D eigenvalue weighted by Crippen LogP contribution is 2.26. The molecule has 26 heavy (non-hydrogen) atoms. The molecule has 0 fully saturated rings. The molecule has 0 unspecified atom stereocenters. The molecule has 0 aromatic heterocycles. The summed E-state index contributed by atoms with van der Waals surface area (Å²) in [6.07, 6.45) is 0. The van der Waals surface area contributed by atoms with Gasteiger partial charge < -0.3 is 15.2 Å². The van der Waals surface area contributed by atoms with Crippen LogP contribution in [0, 0.1) is 12.7 Å². The highest BCUT2D eigenvalue weighted by Gasteiger charge is 2.07. The third-order valence-electron chi connectivity index (χ3n) is 3.76. The van der Waals surface area contributed by atoms with Gasteiger partial charge in [-0.15, -0.1) is 0 Å². The lowest BCUT2D eigenvalue weighted by molar-refractivity contribution is 0.0951. The number of halogens is 1. The van der Waals surface area contributed by atoms with Gasteiger partial charge in [0.15, 0.2) is 0 Å². The Morgan fingerprint density at radius 3 is 2.42 bits per heavy atom. The van der Waals surface area contributed by atoms with E-state index in [2.05, 4.69) is 12.2 Å². The Morgan fingerprint density at radius 1 is 1.04 bits per heavy atom. The minimum Gasteiger partial charge on any atom is -0.508 e. The second-order valence-electron chi connectivity index (χ2n) is 5.73. The minimum absolute atomic E-state index is 0.107. The molecule has 0 aliphatic heterocycles. The average Bonchev–Trinajstić information content (AvgIpc) is 2.64. The molecule has 0 bridgehead atoms. The molecule has 0 saturated heterocycles. The topological polar surface area (TPSA) is 58.6 Å². The summed E-state index contributed by atoms with van der Waals surface area (Å²) in [6.45, 7) is 4.22. The summed E-state index contributed by atoms with van der Waals surface area (Å²) in [6, 6.07) is 17.1. The maximum absolute atomic E-state index is 13.0. The Kier molecular flexibility index (Phi) is 5.17. The van der Waals surface area contributed by atoms with Crippen LogP contribution in [0.1, 0.15) is 21.5 Å². The third kappa shape index (κ3) is 4.39. The summed E-state index contributed by atoms with van der Waals surface area (Å²) in [5.74, 6) is 0.562. The molecule has 0 aliphatic rings. The molecular weight excluding hydrogens is 333 g/mol. The van der Waals surface area contributed by atoms with E-state index in [1.54, 1.807) is 24.3 Å². The minimum atomic E-state index is -0.335. The molecule has 3 aromatic carbocycles. The van der Waals surface area contributed by atoms with Crippen LogP contribution in [0.2, 0.25) is 0 Å². The number of hydrogen-bond donors (Lipinski definition) is 2. The van der Waals surface area contributed by atoms with Gasteiger partial charge in [0.1, 0.15) is 23.1 Å². The first kappa shape index (κ1) is 17.5. The van der Waals surface area contributed by atoms with E-state index in [0.29, 0.717) is 29.2 Å². The standard InChI is InChI=1S/C21H17FNO3/c1-14-2-3-15(12-20(14)26-19-10-6-17(22)7-11-19)13-23-21(25)16-4-8-18(24)9-5-16/h2-12,24H,1,13H2,(H,23,25). The molecule has 4 nitrogen and oxygen atoms in total. The predicted molar refractivity (Wildman–Crippen MR) is 96.7 cm³/mol. The van der Waals surface area contributed by atoms with E-state index >= 15 is 0 Å². The summed E-state index contributed by atoms with van der Waals surface area (Å²) < 4.78 is 18.7. The fraction of sp³-hybridized carbons (Fsp3) is 0.0476. The maximum atomic E-state index is 13.0. The van der Waals surface area contributed by atoms with E-state index < -0.39 is 0 Å². The van der Waals surface area contributed by atoms with Gasteiger partial charge in [0.05, 0.1) is 0 Å². The SMILES string of the molecule is [CH2]c1ccc(CNC(=O)c2ccc(O)cc2)cc1Oc1ccc(F)cc1. The molecule has 5 heteroatoms. The number of benzene rings is 3. The van der Waals surface area contributed by atoms with E-state index in [-0.39, 0.29) is 17.5 Å². The molecule has 1 radical (unpaired) electrons. The van der Waals surface area contributed by atoms with Gasteiger partial charge in [-0.05, 0) is 72.6 Å². The Morgan fingerprint density at radius 2 is 1.73 bits per heavy atom. The van der Waals surface area contributed by atoms with Crippen LogP contribution in [-0.4, -0.2) is 11.0 Å². The van der Waals surface area contributed by atoms with Crippen LogP contribution in [0.3, 0.4) is 0 Å². The Balaban J connectivity index is 1.68. The predicted octanol–water partition coefficient (Wildman–Crippen LogP) is 4.44. The van der Waals surface area contributed by atoms with Crippen molar-refractivity contribution in [2.75, 3.05) is 0 Å². The van der Waals surface area contributed by atoms with Gasteiger partial charge in [0, 0.05) is 12.1 Å². The van der Waals surface area contributed by atoms with Gasteiger partial charge in [-0.2, -0.15) is 0 Å². The van der Waals surface area contributed by atoms with Crippen molar-refractivity contribution in [3.63, 3.8) is 0 Å². The van der Waals surface area contributed by atoms with Crippen molar-refractivity contribution in [3.05, 3.63) is 96.2 Å². The molecule has 0 atom stereocenters. The van der Waals surface area contributed by atoms with Crippen molar-refractivity contribution in [3.8, 4) is 17.2 Å². The van der Waals surface area contributed by atoms with Crippen molar-refractivity contribution < 1.29 is 19.0 Å². The molecule has 3 aromatic rings. The number of carbonyl (C=O) groups excluding carboxylic acids is 1. The highest BCUT2D eigenvalue weighted by molar-refractivity contribution is 5.94. The summed E-state index contributed by atoms with van der Waals surface area (Å²) in [5.41, 5.74) is 1.98. The lowest BCUT2D eigenvalue weighted by atomic mass is 10.1. The zero-order chi connectivity index (χ0) is 18.5. The van der Waals surface area contributed by atoms with Crippen LogP contribution in [0.25, 0.3) is 0 Å². The van der Waals surface area contributed by atoms with E-state index in [1.807, 2.05) is 6.07 Å².